The van der Waals surface area contributed by atoms with Gasteiger partial charge < -0.3 is 23.9 Å². The zero-order valence-corrected chi connectivity index (χ0v) is 14.1. The first-order valence-corrected chi connectivity index (χ1v) is 7.85. The molecule has 1 aromatic carbocycles. The fourth-order valence-corrected chi connectivity index (χ4v) is 2.69. The number of carbonyl (C=O) groups excluding carboxylic acids is 2. The molecule has 13 heteroatoms. The maximum atomic E-state index is 13.1. The number of ether oxygens (including phenoxy) is 2. The van der Waals surface area contributed by atoms with Crippen molar-refractivity contribution in [3.8, 4) is 5.88 Å². The summed E-state index contributed by atoms with van der Waals surface area (Å²) in [4.78, 5) is 23.4. The number of cyclic esters (lactones) is 1. The molecule has 1 aliphatic heterocycles. The number of halogens is 5. The van der Waals surface area contributed by atoms with Crippen LogP contribution in [0.2, 0.25) is 0 Å². The molecule has 2 aromatic rings. The number of carbonyl (C=O) groups is 2. The highest BCUT2D eigenvalue weighted by Crippen LogP contribution is 2.35. The Morgan fingerprint density at radius 1 is 1.31 bits per heavy atom. The van der Waals surface area contributed by atoms with Gasteiger partial charge in [-0.3, -0.25) is 4.90 Å². The molecule has 2 atom stereocenters. The van der Waals surface area contributed by atoms with Gasteiger partial charge in [0.2, 0.25) is 0 Å². The number of benzene rings is 1. The van der Waals surface area contributed by atoms with Gasteiger partial charge in [0, 0.05) is 12.5 Å². The molecule has 2 unspecified atom stereocenters. The molecule has 0 bridgehead atoms. The summed E-state index contributed by atoms with van der Waals surface area (Å²) in [5.41, 5.74) is 0.230. The highest BCUT2D eigenvalue weighted by Gasteiger charge is 2.46. The summed E-state index contributed by atoms with van der Waals surface area (Å²) >= 11 is 0. The van der Waals surface area contributed by atoms with Gasteiger partial charge in [0.1, 0.15) is 17.7 Å². The molecule has 0 N–H and O–H groups in total. The van der Waals surface area contributed by atoms with Gasteiger partial charge in [0.15, 0.2) is 6.10 Å². The first-order chi connectivity index (χ1) is 13.6. The predicted molar refractivity (Wildman–Crippen MR) is 78.4 cm³/mol. The van der Waals surface area contributed by atoms with Crippen LogP contribution in [0.3, 0.4) is 0 Å². The van der Waals surface area contributed by atoms with E-state index < -0.39 is 55.0 Å². The number of nitrogens with zero attached hydrogens (tertiary/aromatic N) is 2. The van der Waals surface area contributed by atoms with Crippen molar-refractivity contribution in [1.29, 1.82) is 0 Å². The van der Waals surface area contributed by atoms with E-state index in [1.165, 1.54) is 12.1 Å². The molecular formula is C16H10F5N2O6-. The summed E-state index contributed by atoms with van der Waals surface area (Å²) in [6.07, 6.45) is -13.8. The number of rotatable bonds is 6. The number of imide groups is 1. The average Bonchev–Trinajstić information content (AvgIpc) is 3.19. The van der Waals surface area contributed by atoms with E-state index in [1.54, 1.807) is 0 Å². The Morgan fingerprint density at radius 2 is 1.97 bits per heavy atom. The Morgan fingerprint density at radius 3 is 2.55 bits per heavy atom. The molecule has 1 fully saturated rings. The second-order valence-corrected chi connectivity index (χ2v) is 5.86. The highest BCUT2D eigenvalue weighted by molar-refractivity contribution is 5.88. The van der Waals surface area contributed by atoms with E-state index in [0.717, 1.165) is 18.2 Å². The van der Waals surface area contributed by atoms with Gasteiger partial charge in [-0.1, -0.05) is 12.1 Å². The van der Waals surface area contributed by atoms with Crippen LogP contribution in [0.1, 0.15) is 17.4 Å². The zero-order valence-electron chi connectivity index (χ0n) is 14.1. The van der Waals surface area contributed by atoms with Crippen LogP contribution in [0.4, 0.5) is 31.5 Å². The molecule has 3 rings (SSSR count). The molecule has 1 aliphatic rings. The molecule has 0 saturated carbocycles. The van der Waals surface area contributed by atoms with Crippen molar-refractivity contribution in [1.82, 2.24) is 10.1 Å². The smallest absolute Gasteiger partial charge is 0.462 e. The third kappa shape index (κ3) is 4.22. The van der Waals surface area contributed by atoms with Crippen molar-refractivity contribution in [2.75, 3.05) is 0 Å². The van der Waals surface area contributed by atoms with E-state index in [9.17, 15) is 36.6 Å². The molecule has 0 spiro atoms. The summed E-state index contributed by atoms with van der Waals surface area (Å²) in [6, 6.07) is 4.03. The second kappa shape index (κ2) is 7.56. The molecule has 2 heterocycles. The van der Waals surface area contributed by atoms with Crippen molar-refractivity contribution in [3.05, 3.63) is 47.5 Å². The van der Waals surface area contributed by atoms with E-state index in [4.69, 9.17) is 9.26 Å². The van der Waals surface area contributed by atoms with Crippen LogP contribution in [-0.4, -0.2) is 40.8 Å². The van der Waals surface area contributed by atoms with Crippen LogP contribution in [0, 0.1) is 5.82 Å². The number of carboxylic acid groups (broad SMARTS) is 1. The Labute approximate surface area is 158 Å². The maximum Gasteiger partial charge on any atom is 0.462 e. The van der Waals surface area contributed by atoms with Crippen molar-refractivity contribution in [2.45, 2.75) is 31.1 Å². The van der Waals surface area contributed by atoms with Crippen molar-refractivity contribution < 1.29 is 50.6 Å². The summed E-state index contributed by atoms with van der Waals surface area (Å²) in [7, 11) is 0. The minimum Gasteiger partial charge on any atom is -0.529 e. The SMILES string of the molecule is O=C([O-])N1C(=O)OC(c2ccc(F)cc2)C1Cc1cc(OC(F)(F)C(F)F)no1. The molecule has 8 nitrogen and oxygen atoms in total. The Balaban J connectivity index is 1.84. The Hall–Kier alpha value is -3.38. The average molecular weight is 421 g/mol. The van der Waals surface area contributed by atoms with Crippen molar-refractivity contribution >= 4 is 12.2 Å². The minimum atomic E-state index is -4.83. The summed E-state index contributed by atoms with van der Waals surface area (Å²) in [6.45, 7) is 0. The van der Waals surface area contributed by atoms with Crippen LogP contribution in [-0.2, 0) is 11.2 Å². The summed E-state index contributed by atoms with van der Waals surface area (Å²) in [5, 5.41) is 14.4. The fraction of sp³-hybridized carbons (Fsp3) is 0.312. The van der Waals surface area contributed by atoms with E-state index in [1.807, 2.05) is 0 Å². The molecular weight excluding hydrogens is 411 g/mol. The van der Waals surface area contributed by atoms with E-state index in [-0.39, 0.29) is 16.2 Å². The largest absolute Gasteiger partial charge is 0.529 e. The number of alkyl halides is 4. The predicted octanol–water partition coefficient (Wildman–Crippen LogP) is 2.50. The molecule has 29 heavy (non-hydrogen) atoms. The van der Waals surface area contributed by atoms with Gasteiger partial charge in [-0.25, -0.2) is 9.18 Å². The summed E-state index contributed by atoms with van der Waals surface area (Å²) < 4.78 is 76.8. The number of hydrogen-bond acceptors (Lipinski definition) is 7. The Bertz CT molecular complexity index is 903. The normalized spacial score (nSPS) is 19.5. The van der Waals surface area contributed by atoms with E-state index >= 15 is 0 Å². The van der Waals surface area contributed by atoms with Crippen LogP contribution in [0.25, 0.3) is 0 Å². The molecule has 2 amide bonds. The zero-order chi connectivity index (χ0) is 21.3. The lowest BCUT2D eigenvalue weighted by Crippen LogP contribution is -2.47. The van der Waals surface area contributed by atoms with Gasteiger partial charge in [-0.15, -0.1) is 0 Å². The molecule has 156 valence electrons. The van der Waals surface area contributed by atoms with E-state index in [2.05, 4.69) is 9.89 Å². The second-order valence-electron chi connectivity index (χ2n) is 5.86. The minimum absolute atomic E-state index is 0.227. The monoisotopic (exact) mass is 421 g/mol. The molecule has 0 aliphatic carbocycles. The topological polar surface area (TPSA) is 105 Å². The van der Waals surface area contributed by atoms with Gasteiger partial charge in [-0.2, -0.15) is 17.6 Å². The quantitative estimate of drug-likeness (QED) is 0.660. The summed E-state index contributed by atoms with van der Waals surface area (Å²) in [5.74, 6) is -1.84. The Kier molecular flexibility index (Phi) is 5.31. The van der Waals surface area contributed by atoms with Crippen molar-refractivity contribution in [3.63, 3.8) is 0 Å². The van der Waals surface area contributed by atoms with Gasteiger partial charge in [0.25, 0.3) is 5.88 Å². The van der Waals surface area contributed by atoms with Gasteiger partial charge in [-0.05, 0) is 22.9 Å². The van der Waals surface area contributed by atoms with Crippen molar-refractivity contribution in [2.24, 2.45) is 0 Å². The van der Waals surface area contributed by atoms with Gasteiger partial charge >= 0.3 is 18.6 Å². The van der Waals surface area contributed by atoms with Crippen LogP contribution < -0.4 is 9.84 Å². The maximum absolute atomic E-state index is 13.1. The lowest BCUT2D eigenvalue weighted by atomic mass is 9.98. The van der Waals surface area contributed by atoms with E-state index in [0.29, 0.717) is 0 Å². The standard InChI is InChI=1S/C16H11F5N2O6/c17-8-3-1-7(2-4-8)12-10(23(14(24)25)15(26)27-12)5-9-6-11(22-29-9)28-16(20,21)13(18)19/h1-4,6,10,12-13H,5H2,(H,24,25)/p-1. The first-order valence-electron chi connectivity index (χ1n) is 7.85. The third-order valence-electron chi connectivity index (χ3n) is 3.94. The van der Waals surface area contributed by atoms with Gasteiger partial charge in [0.05, 0.1) is 6.04 Å². The molecule has 1 aromatic heterocycles. The lowest BCUT2D eigenvalue weighted by Gasteiger charge is -2.24. The number of amides is 2. The lowest BCUT2D eigenvalue weighted by molar-refractivity contribution is -0.262. The fourth-order valence-electron chi connectivity index (χ4n) is 2.69. The molecule has 0 radical (unpaired) electrons. The van der Waals surface area contributed by atoms with Crippen LogP contribution >= 0.6 is 0 Å². The first kappa shape index (κ1) is 20.4. The highest BCUT2D eigenvalue weighted by atomic mass is 19.3. The van der Waals surface area contributed by atoms with Crippen LogP contribution in [0.15, 0.2) is 34.9 Å². The third-order valence-corrected chi connectivity index (χ3v) is 3.94. The van der Waals surface area contributed by atoms with Crippen LogP contribution in [0.5, 0.6) is 5.88 Å². The number of aromatic nitrogens is 1. The number of hydrogen-bond donors (Lipinski definition) is 0. The molecule has 1 saturated heterocycles.